The van der Waals surface area contributed by atoms with E-state index in [0.29, 0.717) is 17.2 Å². The van der Waals surface area contributed by atoms with Crippen LogP contribution in [0.2, 0.25) is 0 Å². The highest BCUT2D eigenvalue weighted by molar-refractivity contribution is 7.89. The highest BCUT2D eigenvalue weighted by Gasteiger charge is 2.23. The summed E-state index contributed by atoms with van der Waals surface area (Å²) in [6, 6.07) is 8.19. The fraction of sp³-hybridized carbons (Fsp3) is 0.312. The minimum atomic E-state index is -3.69. The van der Waals surface area contributed by atoms with Gasteiger partial charge in [0.25, 0.3) is 5.91 Å². The van der Waals surface area contributed by atoms with Gasteiger partial charge in [-0.3, -0.25) is 4.79 Å². The molecule has 1 amide bonds. The zero-order chi connectivity index (χ0) is 17.9. The van der Waals surface area contributed by atoms with Gasteiger partial charge in [-0.05, 0) is 44.2 Å². The Morgan fingerprint density at radius 1 is 1.25 bits per heavy atom. The van der Waals surface area contributed by atoms with E-state index in [-0.39, 0.29) is 16.6 Å². The van der Waals surface area contributed by atoms with Crippen LogP contribution in [0, 0.1) is 6.92 Å². The number of anilines is 1. The normalized spacial score (nSPS) is 11.5. The number of sulfonamides is 1. The van der Waals surface area contributed by atoms with Crippen molar-refractivity contribution in [2.24, 2.45) is 0 Å². The molecule has 0 aliphatic carbocycles. The Morgan fingerprint density at radius 2 is 1.96 bits per heavy atom. The summed E-state index contributed by atoms with van der Waals surface area (Å²) in [5.41, 5.74) is 0.398. The number of carbonyl (C=O) groups excluding carboxylic acids is 1. The minimum absolute atomic E-state index is 0.0227. The van der Waals surface area contributed by atoms with Crippen molar-refractivity contribution in [1.29, 1.82) is 0 Å². The van der Waals surface area contributed by atoms with Crippen LogP contribution in [0.15, 0.2) is 35.2 Å². The number of ether oxygens (including phenoxy) is 1. The van der Waals surface area contributed by atoms with Crippen molar-refractivity contribution < 1.29 is 17.9 Å². The lowest BCUT2D eigenvalue weighted by atomic mass is 10.3. The Bertz CT molecular complexity index is 842. The largest absolute Gasteiger partial charge is 0.492 e. The molecule has 2 aromatic rings. The third-order valence-electron chi connectivity index (χ3n) is 3.22. The summed E-state index contributed by atoms with van der Waals surface area (Å²) < 4.78 is 31.5. The fourth-order valence-corrected chi connectivity index (χ4v) is 3.82. The first-order valence-corrected chi connectivity index (χ1v) is 9.58. The van der Waals surface area contributed by atoms with E-state index in [4.69, 9.17) is 4.74 Å². The van der Waals surface area contributed by atoms with Gasteiger partial charge >= 0.3 is 0 Å². The molecule has 0 atom stereocenters. The van der Waals surface area contributed by atoms with Crippen LogP contribution in [0.25, 0.3) is 0 Å². The van der Waals surface area contributed by atoms with E-state index < -0.39 is 10.0 Å². The van der Waals surface area contributed by atoms with Crippen molar-refractivity contribution in [3.8, 4) is 5.75 Å². The number of rotatable bonds is 6. The average molecular weight is 368 g/mol. The van der Waals surface area contributed by atoms with Gasteiger partial charge in [-0.2, -0.15) is 0 Å². The van der Waals surface area contributed by atoms with Gasteiger partial charge in [-0.25, -0.2) is 12.7 Å². The quantitative estimate of drug-likeness (QED) is 0.850. The molecule has 6 nitrogen and oxygen atoms in total. The van der Waals surface area contributed by atoms with E-state index in [0.717, 1.165) is 9.18 Å². The Hall–Kier alpha value is -1.90. The van der Waals surface area contributed by atoms with Crippen LogP contribution in [0.1, 0.15) is 21.5 Å². The second-order valence-corrected chi connectivity index (χ2v) is 8.65. The van der Waals surface area contributed by atoms with Gasteiger partial charge in [0.05, 0.1) is 11.5 Å². The van der Waals surface area contributed by atoms with E-state index >= 15 is 0 Å². The van der Waals surface area contributed by atoms with E-state index in [9.17, 15) is 13.2 Å². The zero-order valence-corrected chi connectivity index (χ0v) is 15.6. The number of carbonyl (C=O) groups is 1. The van der Waals surface area contributed by atoms with Crippen molar-refractivity contribution in [3.63, 3.8) is 0 Å². The van der Waals surface area contributed by atoms with Gasteiger partial charge in [-0.15, -0.1) is 11.3 Å². The SMILES string of the molecule is CCOc1ccc(NC(=O)c2ccc(C)s2)cc1S(=O)(=O)N(C)C. The molecule has 1 N–H and O–H groups in total. The van der Waals surface area contributed by atoms with Crippen LogP contribution >= 0.6 is 11.3 Å². The first-order valence-electron chi connectivity index (χ1n) is 7.33. The van der Waals surface area contributed by atoms with Gasteiger partial charge < -0.3 is 10.1 Å². The van der Waals surface area contributed by atoms with E-state index in [1.165, 1.54) is 31.5 Å². The minimum Gasteiger partial charge on any atom is -0.492 e. The molecule has 8 heteroatoms. The molecule has 130 valence electrons. The van der Waals surface area contributed by atoms with Crippen molar-refractivity contribution in [2.45, 2.75) is 18.7 Å². The van der Waals surface area contributed by atoms with Crippen LogP contribution < -0.4 is 10.1 Å². The Labute approximate surface area is 146 Å². The molecular formula is C16H20N2O4S2. The van der Waals surface area contributed by atoms with E-state index in [2.05, 4.69) is 5.32 Å². The molecule has 0 fully saturated rings. The number of thiophene rings is 1. The molecule has 0 aliphatic heterocycles. The number of aryl methyl sites for hydroxylation is 1. The lowest BCUT2D eigenvalue weighted by molar-refractivity contribution is 0.103. The van der Waals surface area contributed by atoms with Crippen molar-refractivity contribution >= 4 is 33.0 Å². The molecule has 0 unspecified atom stereocenters. The molecule has 0 spiro atoms. The molecule has 24 heavy (non-hydrogen) atoms. The van der Waals surface area contributed by atoms with Gasteiger partial charge in [0, 0.05) is 24.7 Å². The summed E-state index contributed by atoms with van der Waals surface area (Å²) in [6.07, 6.45) is 0. The molecule has 2 rings (SSSR count). The Balaban J connectivity index is 2.37. The number of nitrogens with one attached hydrogen (secondary N) is 1. The van der Waals surface area contributed by atoms with Crippen LogP contribution in [0.5, 0.6) is 5.75 Å². The lowest BCUT2D eigenvalue weighted by Gasteiger charge is -2.16. The Morgan fingerprint density at radius 3 is 2.50 bits per heavy atom. The summed E-state index contributed by atoms with van der Waals surface area (Å²) >= 11 is 1.38. The lowest BCUT2D eigenvalue weighted by Crippen LogP contribution is -2.23. The molecule has 0 aliphatic rings. The maximum atomic E-state index is 12.5. The highest BCUT2D eigenvalue weighted by Crippen LogP contribution is 2.29. The summed E-state index contributed by atoms with van der Waals surface area (Å²) in [5, 5.41) is 2.73. The molecule has 0 saturated heterocycles. The van der Waals surface area contributed by atoms with Gasteiger partial charge in [-0.1, -0.05) is 0 Å². The maximum Gasteiger partial charge on any atom is 0.265 e. The van der Waals surface area contributed by atoms with Crippen molar-refractivity contribution in [3.05, 3.63) is 40.1 Å². The second-order valence-electron chi connectivity index (χ2n) is 5.25. The Kier molecular flexibility index (Phi) is 5.63. The van der Waals surface area contributed by atoms with E-state index in [1.54, 1.807) is 25.1 Å². The third kappa shape index (κ3) is 3.95. The molecule has 1 heterocycles. The number of hydrogen-bond donors (Lipinski definition) is 1. The summed E-state index contributed by atoms with van der Waals surface area (Å²) in [5.74, 6) is -0.0124. The molecule has 0 radical (unpaired) electrons. The third-order valence-corrected chi connectivity index (χ3v) is 6.06. The first kappa shape index (κ1) is 18.4. The summed E-state index contributed by atoms with van der Waals surface area (Å²) in [6.45, 7) is 4.04. The van der Waals surface area contributed by atoms with Crippen LogP contribution in [-0.2, 0) is 10.0 Å². The summed E-state index contributed by atoms with van der Waals surface area (Å²) in [4.78, 5) is 13.9. The van der Waals surface area contributed by atoms with E-state index in [1.807, 2.05) is 13.0 Å². The average Bonchev–Trinajstić information content (AvgIpc) is 2.95. The van der Waals surface area contributed by atoms with Crippen molar-refractivity contribution in [2.75, 3.05) is 26.0 Å². The smallest absolute Gasteiger partial charge is 0.265 e. The maximum absolute atomic E-state index is 12.5. The monoisotopic (exact) mass is 368 g/mol. The molecule has 1 aromatic carbocycles. The molecule has 0 saturated carbocycles. The molecule has 1 aromatic heterocycles. The van der Waals surface area contributed by atoms with Gasteiger partial charge in [0.2, 0.25) is 10.0 Å². The highest BCUT2D eigenvalue weighted by atomic mass is 32.2. The molecular weight excluding hydrogens is 348 g/mol. The van der Waals surface area contributed by atoms with Gasteiger partial charge in [0.15, 0.2) is 0 Å². The predicted molar refractivity (Wildman–Crippen MR) is 95.5 cm³/mol. The van der Waals surface area contributed by atoms with Crippen molar-refractivity contribution in [1.82, 2.24) is 4.31 Å². The second kappa shape index (κ2) is 7.33. The number of amides is 1. The number of nitrogens with zero attached hydrogens (tertiary/aromatic N) is 1. The fourth-order valence-electron chi connectivity index (χ4n) is 2.01. The van der Waals surface area contributed by atoms with Crippen LogP contribution in [0.3, 0.4) is 0 Å². The topological polar surface area (TPSA) is 75.7 Å². The first-order chi connectivity index (χ1) is 11.3. The standard InChI is InChI=1S/C16H20N2O4S2/c1-5-22-13-8-7-12(10-15(13)24(20,21)18(3)4)17-16(19)14-9-6-11(2)23-14/h6-10H,5H2,1-4H3,(H,17,19). The predicted octanol–water partition coefficient (Wildman–Crippen LogP) is 2.96. The van der Waals surface area contributed by atoms with Gasteiger partial charge in [0.1, 0.15) is 10.6 Å². The zero-order valence-electron chi connectivity index (χ0n) is 14.0. The summed E-state index contributed by atoms with van der Waals surface area (Å²) in [7, 11) is -0.791. The number of hydrogen-bond acceptors (Lipinski definition) is 5. The number of benzene rings is 1. The van der Waals surface area contributed by atoms with Crippen LogP contribution in [-0.4, -0.2) is 39.3 Å². The molecule has 0 bridgehead atoms. The van der Waals surface area contributed by atoms with Crippen LogP contribution in [0.4, 0.5) is 5.69 Å².